The molecule has 1 fully saturated rings. The van der Waals surface area contributed by atoms with E-state index in [9.17, 15) is 4.79 Å². The highest BCUT2D eigenvalue weighted by atomic mass is 28.3. The molecule has 0 aliphatic carbocycles. The Labute approximate surface area is 230 Å². The first kappa shape index (κ1) is 27.0. The number of pyridine rings is 1. The van der Waals surface area contributed by atoms with Gasteiger partial charge in [-0.1, -0.05) is 19.6 Å². The SMILES string of the molecule is C[Si](C)(C)CCOCn1nc(-c2cccnc2)c2cc(Nc3ccc(C(=O)NC4CCOCC4)cc3)ccc21. The highest BCUT2D eigenvalue weighted by molar-refractivity contribution is 6.76. The fourth-order valence-corrected chi connectivity index (χ4v) is 5.34. The van der Waals surface area contributed by atoms with Crippen LogP contribution in [0.4, 0.5) is 11.4 Å². The van der Waals surface area contributed by atoms with E-state index in [1.54, 1.807) is 6.20 Å². The quantitative estimate of drug-likeness (QED) is 0.187. The monoisotopic (exact) mass is 543 g/mol. The number of hydrogen-bond acceptors (Lipinski definition) is 6. The Hall–Kier alpha value is -3.53. The average Bonchev–Trinajstić information content (AvgIpc) is 3.30. The Morgan fingerprint density at radius 3 is 2.56 bits per heavy atom. The summed E-state index contributed by atoms with van der Waals surface area (Å²) in [5.74, 6) is -0.0459. The third kappa shape index (κ3) is 7.11. The van der Waals surface area contributed by atoms with Crippen LogP contribution in [0.3, 0.4) is 0 Å². The molecule has 5 rings (SSSR count). The summed E-state index contributed by atoms with van der Waals surface area (Å²) in [4.78, 5) is 17.0. The summed E-state index contributed by atoms with van der Waals surface area (Å²) in [6.07, 6.45) is 5.32. The summed E-state index contributed by atoms with van der Waals surface area (Å²) >= 11 is 0. The second-order valence-corrected chi connectivity index (χ2v) is 16.9. The third-order valence-electron chi connectivity index (χ3n) is 6.89. The normalized spacial score (nSPS) is 14.4. The second-order valence-electron chi connectivity index (χ2n) is 11.2. The molecule has 9 heteroatoms. The molecular weight excluding hydrogens is 506 g/mol. The Bertz CT molecular complexity index is 1390. The van der Waals surface area contributed by atoms with Crippen LogP contribution in [0.1, 0.15) is 23.2 Å². The zero-order valence-corrected chi connectivity index (χ0v) is 23.9. The fourth-order valence-electron chi connectivity index (χ4n) is 4.58. The van der Waals surface area contributed by atoms with E-state index in [-0.39, 0.29) is 11.9 Å². The van der Waals surface area contributed by atoms with Crippen LogP contribution in [0.2, 0.25) is 25.7 Å². The minimum Gasteiger partial charge on any atom is -0.381 e. The smallest absolute Gasteiger partial charge is 0.251 e. The van der Waals surface area contributed by atoms with Gasteiger partial charge in [0.25, 0.3) is 5.91 Å². The fraction of sp³-hybridized carbons (Fsp3) is 0.367. The topological polar surface area (TPSA) is 90.3 Å². The summed E-state index contributed by atoms with van der Waals surface area (Å²) < 4.78 is 13.3. The molecule has 39 heavy (non-hydrogen) atoms. The Morgan fingerprint density at radius 2 is 1.85 bits per heavy atom. The van der Waals surface area contributed by atoms with Gasteiger partial charge in [0.1, 0.15) is 12.4 Å². The van der Waals surface area contributed by atoms with Gasteiger partial charge in [0.2, 0.25) is 0 Å². The molecule has 4 aromatic rings. The Kier molecular flexibility index (Phi) is 8.40. The summed E-state index contributed by atoms with van der Waals surface area (Å²) in [5.41, 5.74) is 5.33. The van der Waals surface area contributed by atoms with Crippen LogP contribution < -0.4 is 10.6 Å². The predicted octanol–water partition coefficient (Wildman–Crippen LogP) is 6.06. The predicted molar refractivity (Wildman–Crippen MR) is 158 cm³/mol. The summed E-state index contributed by atoms with van der Waals surface area (Å²) in [6, 6.07) is 19.0. The molecular formula is C30H37N5O3Si. The van der Waals surface area contributed by atoms with Crippen molar-refractivity contribution in [2.24, 2.45) is 0 Å². The molecule has 1 amide bonds. The number of fused-ring (bicyclic) bond motifs is 1. The lowest BCUT2D eigenvalue weighted by Crippen LogP contribution is -2.38. The molecule has 1 aliphatic rings. The van der Waals surface area contributed by atoms with Gasteiger partial charge in [0.05, 0.1) is 5.52 Å². The highest BCUT2D eigenvalue weighted by Gasteiger charge is 2.18. The van der Waals surface area contributed by atoms with Crippen LogP contribution in [0, 0.1) is 0 Å². The van der Waals surface area contributed by atoms with Gasteiger partial charge in [0, 0.05) is 74.2 Å². The van der Waals surface area contributed by atoms with E-state index in [1.807, 2.05) is 53.3 Å². The first-order valence-electron chi connectivity index (χ1n) is 13.6. The number of ether oxygens (including phenoxy) is 2. The minimum atomic E-state index is -1.16. The van der Waals surface area contributed by atoms with Crippen molar-refractivity contribution >= 4 is 36.3 Å². The molecule has 3 heterocycles. The maximum Gasteiger partial charge on any atom is 0.251 e. The van der Waals surface area contributed by atoms with E-state index >= 15 is 0 Å². The number of aromatic nitrogens is 3. The number of hydrogen-bond donors (Lipinski definition) is 2. The molecule has 8 nitrogen and oxygen atoms in total. The summed E-state index contributed by atoms with van der Waals surface area (Å²) in [5, 5.41) is 12.5. The van der Waals surface area contributed by atoms with Gasteiger partial charge in [-0.15, -0.1) is 0 Å². The maximum absolute atomic E-state index is 12.7. The van der Waals surface area contributed by atoms with Crippen molar-refractivity contribution in [3.05, 3.63) is 72.6 Å². The van der Waals surface area contributed by atoms with Gasteiger partial charge in [-0.2, -0.15) is 5.10 Å². The van der Waals surface area contributed by atoms with Crippen molar-refractivity contribution in [3.8, 4) is 11.3 Å². The Morgan fingerprint density at radius 1 is 1.08 bits per heavy atom. The zero-order valence-electron chi connectivity index (χ0n) is 22.9. The number of benzene rings is 2. The molecule has 0 unspecified atom stereocenters. The van der Waals surface area contributed by atoms with Crippen molar-refractivity contribution in [2.45, 2.75) is 51.3 Å². The van der Waals surface area contributed by atoms with Gasteiger partial charge >= 0.3 is 0 Å². The molecule has 0 spiro atoms. The minimum absolute atomic E-state index is 0.0459. The van der Waals surface area contributed by atoms with Gasteiger partial charge < -0.3 is 20.1 Å². The lowest BCUT2D eigenvalue weighted by atomic mass is 10.1. The molecule has 2 aromatic heterocycles. The van der Waals surface area contributed by atoms with Crippen molar-refractivity contribution < 1.29 is 14.3 Å². The second kappa shape index (κ2) is 12.1. The van der Waals surface area contributed by atoms with E-state index < -0.39 is 8.07 Å². The summed E-state index contributed by atoms with van der Waals surface area (Å²) in [6.45, 7) is 9.60. The van der Waals surface area contributed by atoms with Gasteiger partial charge in [-0.25, -0.2) is 4.68 Å². The summed E-state index contributed by atoms with van der Waals surface area (Å²) in [7, 11) is -1.16. The van der Waals surface area contributed by atoms with Gasteiger partial charge in [-0.3, -0.25) is 9.78 Å². The molecule has 2 N–H and O–H groups in total. The van der Waals surface area contributed by atoms with E-state index in [1.165, 1.54) is 0 Å². The molecule has 1 saturated heterocycles. The molecule has 0 radical (unpaired) electrons. The lowest BCUT2D eigenvalue weighted by Gasteiger charge is -2.23. The number of anilines is 2. The molecule has 0 bridgehead atoms. The first-order valence-corrected chi connectivity index (χ1v) is 17.3. The van der Waals surface area contributed by atoms with Crippen LogP contribution >= 0.6 is 0 Å². The molecule has 2 aromatic carbocycles. The third-order valence-corrected chi connectivity index (χ3v) is 8.59. The van der Waals surface area contributed by atoms with Crippen molar-refractivity contribution in [3.63, 3.8) is 0 Å². The van der Waals surface area contributed by atoms with Crippen LogP contribution in [0.25, 0.3) is 22.2 Å². The maximum atomic E-state index is 12.7. The number of amides is 1. The Balaban J connectivity index is 1.32. The molecule has 0 saturated carbocycles. The number of carbonyl (C=O) groups is 1. The van der Waals surface area contributed by atoms with E-state index in [0.717, 1.165) is 59.0 Å². The van der Waals surface area contributed by atoms with Crippen LogP contribution in [0.5, 0.6) is 0 Å². The molecule has 1 aliphatic heterocycles. The number of rotatable bonds is 10. The molecule has 0 atom stereocenters. The van der Waals surface area contributed by atoms with Crippen LogP contribution in [0.15, 0.2) is 67.0 Å². The first-order chi connectivity index (χ1) is 18.9. The standard InChI is InChI=1S/C30H37N5O3Si/c1-39(2,3)18-17-38-21-35-28-11-10-26(19-27(28)29(34-35)23-5-4-14-31-20-23)32-24-8-6-22(7-9-24)30(36)33-25-12-15-37-16-13-25/h4-11,14,19-20,25,32H,12-13,15-18,21H2,1-3H3,(H,33,36). The van der Waals surface area contributed by atoms with E-state index in [0.29, 0.717) is 25.5 Å². The zero-order chi connectivity index (χ0) is 27.2. The van der Waals surface area contributed by atoms with Crippen molar-refractivity contribution in [1.29, 1.82) is 0 Å². The number of nitrogens with one attached hydrogen (secondary N) is 2. The largest absolute Gasteiger partial charge is 0.381 e. The molecule has 204 valence electrons. The van der Waals surface area contributed by atoms with Crippen LogP contribution in [-0.4, -0.2) is 54.6 Å². The van der Waals surface area contributed by atoms with Gasteiger partial charge in [-0.05, 0) is 73.5 Å². The highest BCUT2D eigenvalue weighted by Crippen LogP contribution is 2.31. The lowest BCUT2D eigenvalue weighted by molar-refractivity contribution is 0.0696. The number of nitrogens with zero attached hydrogens (tertiary/aromatic N) is 3. The van der Waals surface area contributed by atoms with Crippen molar-refractivity contribution in [1.82, 2.24) is 20.1 Å². The van der Waals surface area contributed by atoms with Crippen LogP contribution in [-0.2, 0) is 16.2 Å². The van der Waals surface area contributed by atoms with E-state index in [4.69, 9.17) is 14.6 Å². The number of carbonyl (C=O) groups excluding carboxylic acids is 1. The van der Waals surface area contributed by atoms with Gasteiger partial charge in [0.15, 0.2) is 0 Å². The average molecular weight is 544 g/mol. The van der Waals surface area contributed by atoms with E-state index in [2.05, 4.69) is 47.4 Å². The van der Waals surface area contributed by atoms with Crippen molar-refractivity contribution in [2.75, 3.05) is 25.1 Å².